The Morgan fingerprint density at radius 1 is 1.36 bits per heavy atom. The Hall–Kier alpha value is -3.13. The maximum Gasteiger partial charge on any atom is 0.316 e. The van der Waals surface area contributed by atoms with Gasteiger partial charge in [-0.3, -0.25) is 14.4 Å². The molecule has 0 aliphatic heterocycles. The molecule has 0 saturated carbocycles. The second-order valence-corrected chi connectivity index (χ2v) is 5.48. The number of H-pyrrole nitrogens is 1. The summed E-state index contributed by atoms with van der Waals surface area (Å²) in [6.07, 6.45) is 0.484. The van der Waals surface area contributed by atoms with Crippen LogP contribution < -0.4 is 16.4 Å². The molecule has 0 aliphatic carbocycles. The number of aliphatic hydroxyl groups is 1. The highest BCUT2D eigenvalue weighted by Gasteiger charge is 2.14. The van der Waals surface area contributed by atoms with Crippen molar-refractivity contribution in [1.82, 2.24) is 14.9 Å². The van der Waals surface area contributed by atoms with Gasteiger partial charge in [0, 0.05) is 12.1 Å². The van der Waals surface area contributed by atoms with Crippen molar-refractivity contribution in [1.29, 1.82) is 0 Å². The Morgan fingerprint density at radius 3 is 2.84 bits per heavy atom. The number of carbonyl (C=O) groups is 1. The zero-order valence-electron chi connectivity index (χ0n) is 13.5. The van der Waals surface area contributed by atoms with Crippen LogP contribution in [0.15, 0.2) is 50.6 Å². The third kappa shape index (κ3) is 3.24. The number of benzene rings is 1. The lowest BCUT2D eigenvalue weighted by Gasteiger charge is -2.11. The van der Waals surface area contributed by atoms with Gasteiger partial charge in [0.15, 0.2) is 0 Å². The summed E-state index contributed by atoms with van der Waals surface area (Å²) in [5.41, 5.74) is -0.130. The molecule has 1 aromatic carbocycles. The van der Waals surface area contributed by atoms with Crippen LogP contribution >= 0.6 is 0 Å². The van der Waals surface area contributed by atoms with E-state index in [0.717, 1.165) is 0 Å². The summed E-state index contributed by atoms with van der Waals surface area (Å²) in [7, 11) is 0. The van der Waals surface area contributed by atoms with Crippen molar-refractivity contribution >= 4 is 16.9 Å². The number of aliphatic hydroxyl groups excluding tert-OH is 1. The average Bonchev–Trinajstić information content (AvgIpc) is 3.15. The Bertz CT molecular complexity index is 1020. The van der Waals surface area contributed by atoms with Gasteiger partial charge in [0.1, 0.15) is 11.9 Å². The first-order chi connectivity index (χ1) is 12.0. The van der Waals surface area contributed by atoms with Crippen molar-refractivity contribution in [2.75, 3.05) is 6.54 Å². The fourth-order valence-electron chi connectivity index (χ4n) is 2.61. The lowest BCUT2D eigenvalue weighted by atomic mass is 10.1. The smallest absolute Gasteiger partial charge is 0.316 e. The first-order valence-electron chi connectivity index (χ1n) is 7.77. The van der Waals surface area contributed by atoms with E-state index in [1.165, 1.54) is 16.9 Å². The Labute approximate surface area is 141 Å². The van der Waals surface area contributed by atoms with E-state index in [1.807, 2.05) is 0 Å². The van der Waals surface area contributed by atoms with Crippen molar-refractivity contribution in [3.8, 4) is 0 Å². The van der Waals surface area contributed by atoms with Crippen molar-refractivity contribution in [2.45, 2.75) is 19.6 Å². The van der Waals surface area contributed by atoms with Gasteiger partial charge in [-0.2, -0.15) is 0 Å². The van der Waals surface area contributed by atoms with Gasteiger partial charge in [-0.05, 0) is 37.3 Å². The van der Waals surface area contributed by atoms with Crippen LogP contribution in [-0.4, -0.2) is 27.1 Å². The van der Waals surface area contributed by atoms with Gasteiger partial charge in [0.2, 0.25) is 0 Å². The van der Waals surface area contributed by atoms with Crippen molar-refractivity contribution in [3.05, 3.63) is 68.6 Å². The first kappa shape index (κ1) is 16.7. The van der Waals surface area contributed by atoms with Gasteiger partial charge in [-0.15, -0.1) is 0 Å². The number of furan rings is 1. The van der Waals surface area contributed by atoms with Crippen molar-refractivity contribution < 1.29 is 14.3 Å². The number of hydrogen-bond donors (Lipinski definition) is 3. The number of aromatic nitrogens is 2. The molecule has 0 radical (unpaired) electrons. The molecular formula is C17H17N3O5. The van der Waals surface area contributed by atoms with Crippen LogP contribution in [0, 0.1) is 0 Å². The standard InChI is InChI=1S/C17H17N3O5/c1-2-20-12-6-5-10(8-11(12)19-16(23)17(20)24)15(22)18-9-13(21)14-4-3-7-25-14/h3-8,13,21H,2,9H2,1H3,(H,18,22)(H,19,23). The minimum absolute atomic E-state index is 0.0185. The SMILES string of the molecule is CCn1c(=O)c(=O)[nH]c2cc(C(=O)NCC(O)c3ccco3)ccc21. The fraction of sp³-hybridized carbons (Fsp3) is 0.235. The molecule has 2 aromatic heterocycles. The molecule has 2 heterocycles. The molecule has 0 spiro atoms. The van der Waals surface area contributed by atoms with E-state index >= 15 is 0 Å². The van der Waals surface area contributed by atoms with Crippen LogP contribution in [0.3, 0.4) is 0 Å². The highest BCUT2D eigenvalue weighted by molar-refractivity contribution is 5.97. The van der Waals surface area contributed by atoms with E-state index in [2.05, 4.69) is 10.3 Å². The van der Waals surface area contributed by atoms with Crippen molar-refractivity contribution in [3.63, 3.8) is 0 Å². The summed E-state index contributed by atoms with van der Waals surface area (Å²) in [6.45, 7) is 2.09. The van der Waals surface area contributed by atoms with E-state index in [0.29, 0.717) is 28.9 Å². The van der Waals surface area contributed by atoms with Gasteiger partial charge in [0.05, 0.1) is 23.8 Å². The summed E-state index contributed by atoms with van der Waals surface area (Å²) in [5, 5.41) is 12.5. The van der Waals surface area contributed by atoms with Crippen molar-refractivity contribution in [2.24, 2.45) is 0 Å². The number of aromatic amines is 1. The van der Waals surface area contributed by atoms with E-state index in [9.17, 15) is 19.5 Å². The largest absolute Gasteiger partial charge is 0.467 e. The molecule has 0 bridgehead atoms. The average molecular weight is 343 g/mol. The third-order valence-corrected chi connectivity index (χ3v) is 3.88. The number of nitrogens with one attached hydrogen (secondary N) is 2. The number of aryl methyl sites for hydroxylation is 1. The maximum absolute atomic E-state index is 12.3. The molecule has 3 rings (SSSR count). The highest BCUT2D eigenvalue weighted by atomic mass is 16.4. The van der Waals surface area contributed by atoms with E-state index < -0.39 is 23.1 Å². The summed E-state index contributed by atoms with van der Waals surface area (Å²) in [4.78, 5) is 38.3. The lowest BCUT2D eigenvalue weighted by Crippen LogP contribution is -2.36. The predicted molar refractivity (Wildman–Crippen MR) is 90.5 cm³/mol. The Kier molecular flexibility index (Phi) is 4.53. The fourth-order valence-corrected chi connectivity index (χ4v) is 2.61. The van der Waals surface area contributed by atoms with Crippen LogP contribution in [0.1, 0.15) is 29.1 Å². The molecule has 8 nitrogen and oxygen atoms in total. The molecular weight excluding hydrogens is 326 g/mol. The number of fused-ring (bicyclic) bond motifs is 1. The zero-order valence-corrected chi connectivity index (χ0v) is 13.5. The normalized spacial score (nSPS) is 12.2. The maximum atomic E-state index is 12.3. The molecule has 1 amide bonds. The number of nitrogens with zero attached hydrogens (tertiary/aromatic N) is 1. The second-order valence-electron chi connectivity index (χ2n) is 5.48. The van der Waals surface area contributed by atoms with Gasteiger partial charge in [0.25, 0.3) is 5.91 Å². The zero-order chi connectivity index (χ0) is 18.0. The highest BCUT2D eigenvalue weighted by Crippen LogP contribution is 2.14. The van der Waals surface area contributed by atoms with Crippen LogP contribution in [0.2, 0.25) is 0 Å². The van der Waals surface area contributed by atoms with Crippen LogP contribution in [0.25, 0.3) is 11.0 Å². The molecule has 1 atom stereocenters. The molecule has 0 aliphatic rings. The van der Waals surface area contributed by atoms with E-state index in [-0.39, 0.29) is 6.54 Å². The summed E-state index contributed by atoms with van der Waals surface area (Å²) < 4.78 is 6.41. The van der Waals surface area contributed by atoms with Crippen LogP contribution in [-0.2, 0) is 6.54 Å². The lowest BCUT2D eigenvalue weighted by molar-refractivity contribution is 0.0901. The Morgan fingerprint density at radius 2 is 2.16 bits per heavy atom. The number of amides is 1. The molecule has 25 heavy (non-hydrogen) atoms. The van der Waals surface area contributed by atoms with E-state index in [1.54, 1.807) is 31.2 Å². The molecule has 3 N–H and O–H groups in total. The minimum Gasteiger partial charge on any atom is -0.467 e. The Balaban J connectivity index is 1.84. The third-order valence-electron chi connectivity index (χ3n) is 3.88. The van der Waals surface area contributed by atoms with Gasteiger partial charge in [-0.1, -0.05) is 0 Å². The summed E-state index contributed by atoms with van der Waals surface area (Å²) >= 11 is 0. The number of carbonyl (C=O) groups excluding carboxylic acids is 1. The van der Waals surface area contributed by atoms with E-state index in [4.69, 9.17) is 4.42 Å². The molecule has 130 valence electrons. The number of hydrogen-bond acceptors (Lipinski definition) is 5. The van der Waals surface area contributed by atoms with Crippen LogP contribution in [0.5, 0.6) is 0 Å². The van der Waals surface area contributed by atoms with Crippen LogP contribution in [0.4, 0.5) is 0 Å². The molecule has 0 fully saturated rings. The molecule has 0 saturated heterocycles. The number of rotatable bonds is 5. The predicted octanol–water partition coefficient (Wildman–Crippen LogP) is 0.766. The first-order valence-corrected chi connectivity index (χ1v) is 7.77. The second kappa shape index (κ2) is 6.78. The molecule has 3 aromatic rings. The summed E-state index contributed by atoms with van der Waals surface area (Å²) in [5.74, 6) is -0.0577. The summed E-state index contributed by atoms with van der Waals surface area (Å²) in [6, 6.07) is 7.92. The molecule has 8 heteroatoms. The van der Waals surface area contributed by atoms with Gasteiger partial charge < -0.3 is 24.4 Å². The topological polar surface area (TPSA) is 117 Å². The van der Waals surface area contributed by atoms with Gasteiger partial charge in [-0.25, -0.2) is 0 Å². The monoisotopic (exact) mass is 343 g/mol. The van der Waals surface area contributed by atoms with Gasteiger partial charge >= 0.3 is 11.1 Å². The quantitative estimate of drug-likeness (QED) is 0.591. The minimum atomic E-state index is -0.954. The molecule has 1 unspecified atom stereocenters.